The van der Waals surface area contributed by atoms with E-state index in [2.05, 4.69) is 51.7 Å². The third-order valence-corrected chi connectivity index (χ3v) is 10.3. The normalized spacial score (nSPS) is 13.3. The molecule has 0 aliphatic heterocycles. The summed E-state index contributed by atoms with van der Waals surface area (Å²) in [6.07, 6.45) is 8.42. The highest BCUT2D eigenvalue weighted by Gasteiger charge is 2.25. The fourth-order valence-corrected chi connectivity index (χ4v) is 7.29. The molecule has 0 radical (unpaired) electrons. The molecule has 7 rings (SSSR count). The number of hydrogen-bond acceptors (Lipinski definition) is 6. The zero-order valence-electron chi connectivity index (χ0n) is 30.9. The van der Waals surface area contributed by atoms with E-state index >= 15 is 0 Å². The van der Waals surface area contributed by atoms with Crippen molar-refractivity contribution in [3.63, 3.8) is 0 Å². The van der Waals surface area contributed by atoms with E-state index < -0.39 is 0 Å². The third kappa shape index (κ3) is 7.15. The first-order chi connectivity index (χ1) is 24.6. The lowest BCUT2D eigenvalue weighted by atomic mass is 9.81. The van der Waals surface area contributed by atoms with Gasteiger partial charge < -0.3 is 20.4 Å². The van der Waals surface area contributed by atoms with E-state index in [1.807, 2.05) is 82.4 Å². The maximum Gasteiger partial charge on any atom is 0.122 e. The van der Waals surface area contributed by atoms with E-state index in [9.17, 15) is 20.4 Å². The van der Waals surface area contributed by atoms with Crippen molar-refractivity contribution in [2.24, 2.45) is 0 Å². The second-order valence-corrected chi connectivity index (χ2v) is 16.4. The van der Waals surface area contributed by atoms with E-state index in [1.54, 1.807) is 12.4 Å². The van der Waals surface area contributed by atoms with Crippen molar-refractivity contribution in [3.8, 4) is 23.0 Å². The predicted molar refractivity (Wildman–Crippen MR) is 204 cm³/mol. The average molecular weight is 697 g/mol. The molecule has 0 fully saturated rings. The van der Waals surface area contributed by atoms with Crippen LogP contribution in [0.15, 0.2) is 85.5 Å². The van der Waals surface area contributed by atoms with Gasteiger partial charge in [0.2, 0.25) is 0 Å². The Bertz CT molecular complexity index is 2100. The second-order valence-electron chi connectivity index (χ2n) is 16.4. The molecule has 8 bridgehead atoms. The van der Waals surface area contributed by atoms with Crippen molar-refractivity contribution >= 4 is 0 Å². The van der Waals surface area contributed by atoms with E-state index in [1.165, 1.54) is 0 Å². The number of phenolic OH excluding ortho intramolecular Hbond substituents is 4. The fraction of sp³-hybridized carbons (Fsp3) is 0.318. The molecule has 8 heteroatoms. The minimum absolute atomic E-state index is 0.134. The average Bonchev–Trinajstić information content (AvgIpc) is 3.78. The topological polar surface area (TPSA) is 117 Å². The molecule has 0 saturated carbocycles. The van der Waals surface area contributed by atoms with E-state index in [0.29, 0.717) is 64.0 Å². The van der Waals surface area contributed by atoms with Gasteiger partial charge in [-0.3, -0.25) is 9.36 Å². The van der Waals surface area contributed by atoms with Gasteiger partial charge in [-0.05, 0) is 114 Å². The molecular formula is C44H48N4O4. The van der Waals surface area contributed by atoms with Crippen LogP contribution in [0.4, 0.5) is 0 Å². The van der Waals surface area contributed by atoms with Gasteiger partial charge in [-0.25, -0.2) is 0 Å². The van der Waals surface area contributed by atoms with Gasteiger partial charge in [0.05, 0.1) is 13.1 Å². The molecule has 268 valence electrons. The van der Waals surface area contributed by atoms with Crippen LogP contribution in [0.25, 0.3) is 0 Å². The van der Waals surface area contributed by atoms with Crippen LogP contribution in [0, 0.1) is 0 Å². The maximum absolute atomic E-state index is 12.0. The Morgan fingerprint density at radius 2 is 0.731 bits per heavy atom. The Kier molecular flexibility index (Phi) is 8.89. The lowest BCUT2D eigenvalue weighted by Crippen LogP contribution is -2.14. The molecule has 2 aromatic heterocycles. The Morgan fingerprint density at radius 1 is 0.462 bits per heavy atom. The highest BCUT2D eigenvalue weighted by atomic mass is 16.3. The summed E-state index contributed by atoms with van der Waals surface area (Å²) in [6, 6.07) is 19.8. The minimum atomic E-state index is -0.220. The minimum Gasteiger partial charge on any atom is -0.507 e. The van der Waals surface area contributed by atoms with Crippen LogP contribution in [0.5, 0.6) is 23.0 Å². The first-order valence-corrected chi connectivity index (χ1v) is 17.9. The van der Waals surface area contributed by atoms with E-state index in [4.69, 9.17) is 0 Å². The van der Waals surface area contributed by atoms with Gasteiger partial charge in [0.1, 0.15) is 23.0 Å². The van der Waals surface area contributed by atoms with Crippen molar-refractivity contribution in [1.29, 1.82) is 0 Å². The van der Waals surface area contributed by atoms with Crippen LogP contribution in [0.2, 0.25) is 0 Å². The number of hydrogen-bond donors (Lipinski definition) is 4. The molecule has 1 aliphatic carbocycles. The number of benzene rings is 4. The molecule has 0 amide bonds. The van der Waals surface area contributed by atoms with Gasteiger partial charge in [0, 0.05) is 50.5 Å². The van der Waals surface area contributed by atoms with Gasteiger partial charge in [-0.2, -0.15) is 10.2 Å². The Labute approximate surface area is 305 Å². The molecule has 0 atom stereocenters. The lowest BCUT2D eigenvalue weighted by Gasteiger charge is -2.25. The molecule has 2 heterocycles. The molecule has 1 aliphatic rings. The second kappa shape index (κ2) is 13.2. The zero-order chi connectivity index (χ0) is 36.9. The Hall–Kier alpha value is -5.50. The van der Waals surface area contributed by atoms with Gasteiger partial charge in [0.25, 0.3) is 0 Å². The molecule has 4 aromatic carbocycles. The quantitative estimate of drug-likeness (QED) is 0.147. The number of fused-ring (bicyclic) bond motifs is 8. The number of rotatable bonds is 4. The van der Waals surface area contributed by atoms with Crippen LogP contribution in [-0.4, -0.2) is 40.0 Å². The molecule has 0 saturated heterocycles. The Morgan fingerprint density at radius 3 is 0.962 bits per heavy atom. The fourth-order valence-electron chi connectivity index (χ4n) is 7.29. The summed E-state index contributed by atoms with van der Waals surface area (Å²) in [5.41, 5.74) is 9.05. The van der Waals surface area contributed by atoms with Crippen molar-refractivity contribution in [3.05, 3.63) is 152 Å². The summed E-state index contributed by atoms with van der Waals surface area (Å²) in [5, 5.41) is 56.7. The van der Waals surface area contributed by atoms with Crippen molar-refractivity contribution < 1.29 is 20.4 Å². The first-order valence-electron chi connectivity index (χ1n) is 17.9. The summed E-state index contributed by atoms with van der Waals surface area (Å²) in [4.78, 5) is 0. The van der Waals surface area contributed by atoms with Gasteiger partial charge in [0.15, 0.2) is 0 Å². The number of aromatic nitrogens is 4. The lowest BCUT2D eigenvalue weighted by molar-refractivity contribution is 0.449. The Balaban J connectivity index is 1.49. The van der Waals surface area contributed by atoms with Gasteiger partial charge >= 0.3 is 0 Å². The standard InChI is InChI=1S/C44H48N4O4/c1-43(2,3)37-21-33-18-31-15-27(25-47-11-7-9-45-47)13-29(39(31)49)17-30-14-28(26-48-12-8-10-46-48)16-32(40(30)50)19-34-22-38(44(4,5)6)24-36(42(34)52)20-35(23-37)41(33)51/h7-16,21-24,49-52H,17-20,25-26H2,1-6H3. The maximum atomic E-state index is 12.0. The zero-order valence-corrected chi connectivity index (χ0v) is 30.9. The van der Waals surface area contributed by atoms with E-state index in [0.717, 1.165) is 22.3 Å². The van der Waals surface area contributed by atoms with Gasteiger partial charge in [-0.1, -0.05) is 65.8 Å². The number of phenols is 4. The van der Waals surface area contributed by atoms with Crippen LogP contribution >= 0.6 is 0 Å². The molecular weight excluding hydrogens is 649 g/mol. The summed E-state index contributed by atoms with van der Waals surface area (Å²) in [5.74, 6) is 0.586. The van der Waals surface area contributed by atoms with Crippen molar-refractivity contribution in [2.45, 2.75) is 91.1 Å². The molecule has 52 heavy (non-hydrogen) atoms. The van der Waals surface area contributed by atoms with Crippen molar-refractivity contribution in [2.75, 3.05) is 0 Å². The molecule has 4 N–H and O–H groups in total. The predicted octanol–water partition coefficient (Wildman–Crippen LogP) is 8.27. The monoisotopic (exact) mass is 696 g/mol. The highest BCUT2D eigenvalue weighted by molar-refractivity contribution is 5.58. The van der Waals surface area contributed by atoms with Gasteiger partial charge in [-0.15, -0.1) is 0 Å². The summed E-state index contributed by atoms with van der Waals surface area (Å²) < 4.78 is 3.68. The SMILES string of the molecule is CC(C)(C)c1cc2c(O)c(c1)Cc1cc(C(C)(C)C)cc(c1O)Cc1cc(Cn3cccn3)cc(c1O)Cc1cc(Cn3cccn3)cc(c1O)C2. The number of aromatic hydroxyl groups is 4. The summed E-state index contributed by atoms with van der Waals surface area (Å²) in [6.45, 7) is 13.9. The first kappa shape index (κ1) is 34.9. The summed E-state index contributed by atoms with van der Waals surface area (Å²) in [7, 11) is 0. The molecule has 0 spiro atoms. The van der Waals surface area contributed by atoms with E-state index in [-0.39, 0.29) is 53.1 Å². The summed E-state index contributed by atoms with van der Waals surface area (Å²) >= 11 is 0. The van der Waals surface area contributed by atoms with Crippen molar-refractivity contribution in [1.82, 2.24) is 19.6 Å². The highest BCUT2D eigenvalue weighted by Crippen LogP contribution is 2.41. The molecule has 6 aromatic rings. The van der Waals surface area contributed by atoms with Crippen LogP contribution in [0.1, 0.15) is 108 Å². The smallest absolute Gasteiger partial charge is 0.122 e. The molecule has 0 unspecified atom stereocenters. The van der Waals surface area contributed by atoms with Crippen LogP contribution < -0.4 is 0 Å². The number of nitrogens with zero attached hydrogens (tertiary/aromatic N) is 4. The van der Waals surface area contributed by atoms with Crippen LogP contribution in [-0.2, 0) is 49.6 Å². The largest absolute Gasteiger partial charge is 0.507 e. The third-order valence-electron chi connectivity index (χ3n) is 10.3. The van der Waals surface area contributed by atoms with Crippen LogP contribution in [0.3, 0.4) is 0 Å². The molecule has 8 nitrogen and oxygen atoms in total.